The van der Waals surface area contributed by atoms with Gasteiger partial charge >= 0.3 is 0 Å². The molecule has 0 bridgehead atoms. The maximum atomic E-state index is 15.1. The Kier molecular flexibility index (Phi) is 11.6. The Bertz CT molecular complexity index is 1250. The highest BCUT2D eigenvalue weighted by Gasteiger charge is 2.27. The lowest BCUT2D eigenvalue weighted by Crippen LogP contribution is -2.31. The van der Waals surface area contributed by atoms with Crippen LogP contribution >= 0.6 is 0 Å². The van der Waals surface area contributed by atoms with Gasteiger partial charge in [-0.25, -0.2) is 13.2 Å². The van der Waals surface area contributed by atoms with E-state index in [0.717, 1.165) is 32.1 Å². The monoisotopic (exact) mass is 572 g/mol. The molecule has 0 aliphatic carbocycles. The summed E-state index contributed by atoms with van der Waals surface area (Å²) in [5.74, 6) is -4.44. The average molecular weight is 573 g/mol. The minimum atomic E-state index is -1.03. The van der Waals surface area contributed by atoms with Crippen LogP contribution in [0.3, 0.4) is 0 Å². The van der Waals surface area contributed by atoms with Crippen molar-refractivity contribution in [3.8, 4) is 28.0 Å². The van der Waals surface area contributed by atoms with Crippen molar-refractivity contribution in [3.63, 3.8) is 0 Å². The van der Waals surface area contributed by atoms with Crippen LogP contribution in [0, 0.1) is 23.3 Å². The molecule has 0 saturated carbocycles. The van der Waals surface area contributed by atoms with E-state index in [1.54, 1.807) is 30.3 Å². The minimum absolute atomic E-state index is 0.0676. The highest BCUT2D eigenvalue weighted by atomic mass is 19.2. The fourth-order valence-corrected chi connectivity index (χ4v) is 5.16. The van der Waals surface area contributed by atoms with Gasteiger partial charge in [0.1, 0.15) is 0 Å². The molecule has 0 N–H and O–H groups in total. The van der Waals surface area contributed by atoms with Crippen LogP contribution in [0.2, 0.25) is 0 Å². The van der Waals surface area contributed by atoms with Gasteiger partial charge in [-0.05, 0) is 41.7 Å². The predicted octanol–water partition coefficient (Wildman–Crippen LogP) is 9.96. The van der Waals surface area contributed by atoms with Gasteiger partial charge in [-0.1, -0.05) is 95.2 Å². The highest BCUT2D eigenvalue weighted by molar-refractivity contribution is 5.72. The first-order valence-electron chi connectivity index (χ1n) is 14.9. The molecule has 1 heterocycles. The van der Waals surface area contributed by atoms with E-state index in [1.165, 1.54) is 43.9 Å². The SMILES string of the molecule is CCCCCCCCCOc1ccc(-c2ccc(-c3ccc(C4COC(CCC)OC4)c(F)c3F)cc2)c(F)c1F. The second kappa shape index (κ2) is 15.4. The Hall–Kier alpha value is -2.90. The van der Waals surface area contributed by atoms with E-state index in [0.29, 0.717) is 17.7 Å². The van der Waals surface area contributed by atoms with E-state index in [-0.39, 0.29) is 41.9 Å². The van der Waals surface area contributed by atoms with Crippen molar-refractivity contribution in [2.24, 2.45) is 0 Å². The van der Waals surface area contributed by atoms with E-state index in [1.807, 2.05) is 6.92 Å². The molecule has 41 heavy (non-hydrogen) atoms. The van der Waals surface area contributed by atoms with Crippen molar-refractivity contribution >= 4 is 0 Å². The zero-order chi connectivity index (χ0) is 29.2. The summed E-state index contributed by atoms with van der Waals surface area (Å²) in [6.07, 6.45) is 9.10. The van der Waals surface area contributed by atoms with Crippen LogP contribution in [0.15, 0.2) is 48.5 Å². The van der Waals surface area contributed by atoms with Crippen LogP contribution in [0.25, 0.3) is 22.3 Å². The lowest BCUT2D eigenvalue weighted by Gasteiger charge is -2.29. The van der Waals surface area contributed by atoms with E-state index in [9.17, 15) is 8.78 Å². The fourth-order valence-electron chi connectivity index (χ4n) is 5.16. The summed E-state index contributed by atoms with van der Waals surface area (Å²) in [7, 11) is 0. The number of unbranched alkanes of at least 4 members (excludes halogenated alkanes) is 6. The van der Waals surface area contributed by atoms with Gasteiger partial charge in [-0.2, -0.15) is 4.39 Å². The molecule has 1 saturated heterocycles. The van der Waals surface area contributed by atoms with Gasteiger partial charge in [0.15, 0.2) is 29.5 Å². The maximum Gasteiger partial charge on any atom is 0.201 e. The van der Waals surface area contributed by atoms with Crippen molar-refractivity contribution in [1.29, 1.82) is 0 Å². The number of benzene rings is 3. The van der Waals surface area contributed by atoms with Crippen molar-refractivity contribution < 1.29 is 31.8 Å². The van der Waals surface area contributed by atoms with Crippen LogP contribution in [0.1, 0.15) is 83.1 Å². The van der Waals surface area contributed by atoms with Gasteiger partial charge in [0.2, 0.25) is 5.82 Å². The van der Waals surface area contributed by atoms with Gasteiger partial charge in [0.25, 0.3) is 0 Å². The summed E-state index contributed by atoms with van der Waals surface area (Å²) >= 11 is 0. The highest BCUT2D eigenvalue weighted by Crippen LogP contribution is 2.34. The molecule has 1 aliphatic heterocycles. The van der Waals surface area contributed by atoms with Crippen molar-refractivity contribution in [1.82, 2.24) is 0 Å². The third-order valence-electron chi connectivity index (χ3n) is 7.60. The molecule has 0 aromatic heterocycles. The van der Waals surface area contributed by atoms with Gasteiger partial charge in [-0.3, -0.25) is 0 Å². The molecule has 0 radical (unpaired) electrons. The van der Waals surface area contributed by atoms with Gasteiger partial charge in [0.05, 0.1) is 19.8 Å². The first-order chi connectivity index (χ1) is 19.9. The Balaban J connectivity index is 1.39. The molecule has 0 spiro atoms. The molecule has 3 nitrogen and oxygen atoms in total. The first-order valence-corrected chi connectivity index (χ1v) is 14.9. The number of halogens is 4. The van der Waals surface area contributed by atoms with Crippen LogP contribution in [-0.4, -0.2) is 26.1 Å². The predicted molar refractivity (Wildman–Crippen MR) is 154 cm³/mol. The molecule has 1 fully saturated rings. The summed E-state index contributed by atoms with van der Waals surface area (Å²) in [5, 5.41) is 0. The molecule has 0 amide bonds. The third kappa shape index (κ3) is 7.89. The Labute approximate surface area is 240 Å². The van der Waals surface area contributed by atoms with E-state index >= 15 is 8.78 Å². The van der Waals surface area contributed by atoms with Crippen LogP contribution in [0.5, 0.6) is 5.75 Å². The zero-order valence-electron chi connectivity index (χ0n) is 24.0. The quantitative estimate of drug-likeness (QED) is 0.142. The molecule has 0 unspecified atom stereocenters. The molecule has 7 heteroatoms. The molecule has 4 rings (SSSR count). The summed E-state index contributed by atoms with van der Waals surface area (Å²) < 4.78 is 76.7. The molecular formula is C34H40F4O3. The summed E-state index contributed by atoms with van der Waals surface area (Å²) in [6, 6.07) is 12.2. The topological polar surface area (TPSA) is 27.7 Å². The number of rotatable bonds is 14. The number of hydrogen-bond acceptors (Lipinski definition) is 3. The summed E-state index contributed by atoms with van der Waals surface area (Å²) in [5.41, 5.74) is 1.20. The Morgan fingerprint density at radius 2 is 1.20 bits per heavy atom. The number of ether oxygens (including phenoxy) is 3. The largest absolute Gasteiger partial charge is 0.490 e. The van der Waals surface area contributed by atoms with Crippen LogP contribution in [-0.2, 0) is 9.47 Å². The van der Waals surface area contributed by atoms with E-state index in [4.69, 9.17) is 14.2 Å². The third-order valence-corrected chi connectivity index (χ3v) is 7.60. The molecule has 0 atom stereocenters. The molecule has 3 aromatic carbocycles. The minimum Gasteiger partial charge on any atom is -0.490 e. The summed E-state index contributed by atoms with van der Waals surface area (Å²) in [4.78, 5) is 0. The van der Waals surface area contributed by atoms with Crippen LogP contribution < -0.4 is 4.74 Å². The maximum absolute atomic E-state index is 15.1. The van der Waals surface area contributed by atoms with Gasteiger partial charge in [-0.15, -0.1) is 0 Å². The fraction of sp³-hybridized carbons (Fsp3) is 0.471. The van der Waals surface area contributed by atoms with E-state index in [2.05, 4.69) is 6.92 Å². The Morgan fingerprint density at radius 1 is 0.634 bits per heavy atom. The lowest BCUT2D eigenvalue weighted by molar-refractivity contribution is -0.190. The molecule has 222 valence electrons. The average Bonchev–Trinajstić information content (AvgIpc) is 2.99. The first kappa shape index (κ1) is 31.0. The standard InChI is InChI=1S/C34H40F4O3/c1-3-5-6-7-8-9-10-20-39-29-19-18-27(33(37)34(29)38)24-14-12-23(13-15-24)26-16-17-28(32(36)31(26)35)25-21-40-30(11-4-2)41-22-25/h12-19,25,30H,3-11,20-22H2,1-2H3. The molecular weight excluding hydrogens is 532 g/mol. The zero-order valence-corrected chi connectivity index (χ0v) is 24.0. The van der Waals surface area contributed by atoms with Crippen molar-refractivity contribution in [3.05, 3.63) is 77.4 Å². The second-order valence-electron chi connectivity index (χ2n) is 10.7. The lowest BCUT2D eigenvalue weighted by atomic mass is 9.94. The summed E-state index contributed by atoms with van der Waals surface area (Å²) in [6.45, 7) is 5.06. The normalized spacial score (nSPS) is 17.1. The smallest absolute Gasteiger partial charge is 0.201 e. The van der Waals surface area contributed by atoms with Crippen molar-refractivity contribution in [2.45, 2.75) is 83.8 Å². The van der Waals surface area contributed by atoms with Crippen molar-refractivity contribution in [2.75, 3.05) is 19.8 Å². The Morgan fingerprint density at radius 3 is 1.80 bits per heavy atom. The van der Waals surface area contributed by atoms with Gasteiger partial charge in [0, 0.05) is 17.0 Å². The number of hydrogen-bond donors (Lipinski definition) is 0. The second-order valence-corrected chi connectivity index (χ2v) is 10.7. The van der Waals surface area contributed by atoms with E-state index < -0.39 is 29.2 Å². The van der Waals surface area contributed by atoms with Crippen LogP contribution in [0.4, 0.5) is 17.6 Å². The van der Waals surface area contributed by atoms with Gasteiger partial charge < -0.3 is 14.2 Å². The molecule has 1 aliphatic rings. The molecule has 3 aromatic rings.